The van der Waals surface area contributed by atoms with E-state index in [1.165, 1.54) is 5.56 Å². The molecule has 0 bridgehead atoms. The van der Waals surface area contributed by atoms with Crippen molar-refractivity contribution >= 4 is 17.7 Å². The van der Waals surface area contributed by atoms with Gasteiger partial charge >= 0.3 is 0 Å². The smallest absolute Gasteiger partial charge is 0.230 e. The number of thioether (sulfide) groups is 1. The zero-order chi connectivity index (χ0) is 18.8. The van der Waals surface area contributed by atoms with Gasteiger partial charge in [-0.15, -0.1) is 0 Å². The van der Waals surface area contributed by atoms with Crippen molar-refractivity contribution in [2.75, 3.05) is 51.5 Å². The summed E-state index contributed by atoms with van der Waals surface area (Å²) >= 11 is 1.72. The monoisotopic (exact) mass is 380 g/mol. The van der Waals surface area contributed by atoms with Crippen LogP contribution in [0.3, 0.4) is 0 Å². The van der Waals surface area contributed by atoms with Crippen LogP contribution in [0.4, 0.5) is 0 Å². The van der Waals surface area contributed by atoms with E-state index in [0.29, 0.717) is 18.2 Å². The summed E-state index contributed by atoms with van der Waals surface area (Å²) in [4.78, 5) is 14.6. The van der Waals surface area contributed by atoms with Gasteiger partial charge in [0, 0.05) is 19.6 Å². The van der Waals surface area contributed by atoms with E-state index in [1.54, 1.807) is 18.9 Å². The van der Waals surface area contributed by atoms with Gasteiger partial charge in [-0.1, -0.05) is 26.0 Å². The summed E-state index contributed by atoms with van der Waals surface area (Å²) in [6.45, 7) is 8.30. The largest absolute Gasteiger partial charge is 0.497 e. The summed E-state index contributed by atoms with van der Waals surface area (Å²) in [6.07, 6.45) is 1.15. The number of carbonyl (C=O) groups is 1. The molecule has 1 N–H and O–H groups in total. The SMILES string of the molecule is COc1ccc(C(CNC(=O)CSCCC(C)C)N2CCOCC2)cc1. The number of nitrogens with one attached hydrogen (secondary N) is 1. The standard InChI is InChI=1S/C20H32N2O3S/c1-16(2)8-13-26-15-20(23)21-14-19(22-9-11-25-12-10-22)17-4-6-18(24-3)7-5-17/h4-7,16,19H,8-15H2,1-3H3,(H,21,23). The highest BCUT2D eigenvalue weighted by atomic mass is 32.2. The molecule has 5 nitrogen and oxygen atoms in total. The number of amides is 1. The molecular weight excluding hydrogens is 348 g/mol. The zero-order valence-corrected chi connectivity index (χ0v) is 17.0. The maximum absolute atomic E-state index is 12.2. The van der Waals surface area contributed by atoms with Gasteiger partial charge in [0.05, 0.1) is 32.1 Å². The lowest BCUT2D eigenvalue weighted by Crippen LogP contribution is -2.44. The number of hydrogen-bond acceptors (Lipinski definition) is 5. The molecule has 1 aliphatic rings. The Kier molecular flexibility index (Phi) is 9.29. The molecule has 0 aliphatic carbocycles. The highest BCUT2D eigenvalue weighted by Gasteiger charge is 2.23. The summed E-state index contributed by atoms with van der Waals surface area (Å²) in [7, 11) is 1.67. The molecule has 2 rings (SSSR count). The van der Waals surface area contributed by atoms with Crippen LogP contribution >= 0.6 is 11.8 Å². The van der Waals surface area contributed by atoms with Gasteiger partial charge < -0.3 is 14.8 Å². The predicted molar refractivity (Wildman–Crippen MR) is 108 cm³/mol. The number of morpholine rings is 1. The molecular formula is C20H32N2O3S. The topological polar surface area (TPSA) is 50.8 Å². The fourth-order valence-electron chi connectivity index (χ4n) is 2.92. The van der Waals surface area contributed by atoms with Gasteiger partial charge in [0.1, 0.15) is 5.75 Å². The Bertz CT molecular complexity index is 530. The van der Waals surface area contributed by atoms with Crippen molar-refractivity contribution < 1.29 is 14.3 Å². The van der Waals surface area contributed by atoms with Gasteiger partial charge in [0.25, 0.3) is 0 Å². The van der Waals surface area contributed by atoms with Gasteiger partial charge in [0.15, 0.2) is 0 Å². The molecule has 1 aromatic rings. The Hall–Kier alpha value is -1.24. The molecule has 1 saturated heterocycles. The van der Waals surface area contributed by atoms with Gasteiger partial charge in [-0.05, 0) is 35.8 Å². The van der Waals surface area contributed by atoms with E-state index in [-0.39, 0.29) is 11.9 Å². The first-order chi connectivity index (χ1) is 12.6. The summed E-state index contributed by atoms with van der Waals surface area (Å²) < 4.78 is 10.7. The lowest BCUT2D eigenvalue weighted by Gasteiger charge is -2.35. The number of methoxy groups -OCH3 is 1. The molecule has 1 atom stereocenters. The Balaban J connectivity index is 1.90. The molecule has 0 aromatic heterocycles. The predicted octanol–water partition coefficient (Wildman–Crippen LogP) is 2.96. The second-order valence-electron chi connectivity index (χ2n) is 6.98. The van der Waals surface area contributed by atoms with Crippen LogP contribution in [0.2, 0.25) is 0 Å². The van der Waals surface area contributed by atoms with Crippen molar-refractivity contribution in [3.8, 4) is 5.75 Å². The Morgan fingerprint density at radius 2 is 1.96 bits per heavy atom. The van der Waals surface area contributed by atoms with Crippen molar-refractivity contribution in [1.82, 2.24) is 10.2 Å². The molecule has 1 aromatic carbocycles. The fraction of sp³-hybridized carbons (Fsp3) is 0.650. The maximum Gasteiger partial charge on any atom is 0.230 e. The molecule has 6 heteroatoms. The van der Waals surface area contributed by atoms with E-state index < -0.39 is 0 Å². The number of benzene rings is 1. The van der Waals surface area contributed by atoms with Gasteiger partial charge in [0.2, 0.25) is 5.91 Å². The number of rotatable bonds is 10. The van der Waals surface area contributed by atoms with Crippen molar-refractivity contribution in [2.45, 2.75) is 26.3 Å². The number of carbonyl (C=O) groups excluding carboxylic acids is 1. The molecule has 1 aliphatic heterocycles. The van der Waals surface area contributed by atoms with E-state index in [2.05, 4.69) is 36.2 Å². The molecule has 1 heterocycles. The third-order valence-electron chi connectivity index (χ3n) is 4.55. The van der Waals surface area contributed by atoms with Crippen molar-refractivity contribution in [3.63, 3.8) is 0 Å². The van der Waals surface area contributed by atoms with E-state index in [0.717, 1.165) is 44.2 Å². The van der Waals surface area contributed by atoms with Crippen molar-refractivity contribution in [3.05, 3.63) is 29.8 Å². The fourth-order valence-corrected chi connectivity index (χ4v) is 3.99. The Labute approximate surface area is 161 Å². The van der Waals surface area contributed by atoms with E-state index in [9.17, 15) is 4.79 Å². The first kappa shape index (κ1) is 21.1. The molecule has 1 amide bonds. The van der Waals surface area contributed by atoms with Gasteiger partial charge in [-0.3, -0.25) is 9.69 Å². The van der Waals surface area contributed by atoms with Crippen LogP contribution in [0.15, 0.2) is 24.3 Å². The van der Waals surface area contributed by atoms with Gasteiger partial charge in [-0.25, -0.2) is 0 Å². The van der Waals surface area contributed by atoms with Crippen LogP contribution in [-0.2, 0) is 9.53 Å². The van der Waals surface area contributed by atoms with Crippen LogP contribution in [0.5, 0.6) is 5.75 Å². The maximum atomic E-state index is 12.2. The van der Waals surface area contributed by atoms with Crippen LogP contribution in [-0.4, -0.2) is 62.3 Å². The number of ether oxygens (including phenoxy) is 2. The van der Waals surface area contributed by atoms with E-state index in [1.807, 2.05) is 12.1 Å². The average Bonchev–Trinajstić information content (AvgIpc) is 2.66. The minimum absolute atomic E-state index is 0.116. The van der Waals surface area contributed by atoms with Gasteiger partial charge in [-0.2, -0.15) is 11.8 Å². The highest BCUT2D eigenvalue weighted by Crippen LogP contribution is 2.23. The summed E-state index contributed by atoms with van der Waals surface area (Å²) in [5.74, 6) is 3.22. The van der Waals surface area contributed by atoms with Crippen molar-refractivity contribution in [2.24, 2.45) is 5.92 Å². The summed E-state index contributed by atoms with van der Waals surface area (Å²) in [5.41, 5.74) is 1.19. The Morgan fingerprint density at radius 1 is 1.27 bits per heavy atom. The second kappa shape index (κ2) is 11.5. The first-order valence-electron chi connectivity index (χ1n) is 9.40. The lowest BCUT2D eigenvalue weighted by molar-refractivity contribution is -0.118. The molecule has 146 valence electrons. The van der Waals surface area contributed by atoms with E-state index >= 15 is 0 Å². The Morgan fingerprint density at radius 3 is 2.58 bits per heavy atom. The molecule has 1 unspecified atom stereocenters. The highest BCUT2D eigenvalue weighted by molar-refractivity contribution is 7.99. The number of nitrogens with zero attached hydrogens (tertiary/aromatic N) is 1. The summed E-state index contributed by atoms with van der Waals surface area (Å²) in [6, 6.07) is 8.29. The molecule has 1 fully saturated rings. The van der Waals surface area contributed by atoms with Crippen LogP contribution in [0.1, 0.15) is 31.9 Å². The molecule has 0 spiro atoms. The molecule has 26 heavy (non-hydrogen) atoms. The minimum atomic E-state index is 0.116. The molecule has 0 saturated carbocycles. The minimum Gasteiger partial charge on any atom is -0.497 e. The normalized spacial score (nSPS) is 16.5. The average molecular weight is 381 g/mol. The molecule has 0 radical (unpaired) electrons. The number of hydrogen-bond donors (Lipinski definition) is 1. The van der Waals surface area contributed by atoms with E-state index in [4.69, 9.17) is 9.47 Å². The lowest BCUT2D eigenvalue weighted by atomic mass is 10.0. The third-order valence-corrected chi connectivity index (χ3v) is 5.54. The van der Waals surface area contributed by atoms with Crippen molar-refractivity contribution in [1.29, 1.82) is 0 Å². The quantitative estimate of drug-likeness (QED) is 0.633. The summed E-state index contributed by atoms with van der Waals surface area (Å²) in [5, 5.41) is 3.12. The zero-order valence-electron chi connectivity index (χ0n) is 16.2. The first-order valence-corrected chi connectivity index (χ1v) is 10.6. The third kappa shape index (κ3) is 7.17. The van der Waals surface area contributed by atoms with Crippen LogP contribution in [0, 0.1) is 5.92 Å². The van der Waals surface area contributed by atoms with Crippen LogP contribution in [0.25, 0.3) is 0 Å². The second-order valence-corrected chi connectivity index (χ2v) is 8.08. The van der Waals surface area contributed by atoms with Crippen LogP contribution < -0.4 is 10.1 Å².